The van der Waals surface area contributed by atoms with Crippen molar-refractivity contribution in [3.63, 3.8) is 0 Å². The van der Waals surface area contributed by atoms with E-state index in [-0.39, 0.29) is 6.23 Å². The van der Waals surface area contributed by atoms with Crippen LogP contribution < -0.4 is 0 Å². The molecule has 102 valence electrons. The Labute approximate surface area is 112 Å². The molecule has 2 nitrogen and oxygen atoms in total. The van der Waals surface area contributed by atoms with Crippen LogP contribution in [0.15, 0.2) is 30.3 Å². The molecule has 0 N–H and O–H groups in total. The third-order valence-corrected chi connectivity index (χ3v) is 7.91. The Hall–Kier alpha value is -0.213. The van der Waals surface area contributed by atoms with Gasteiger partial charge in [0, 0.05) is 0 Å². The summed E-state index contributed by atoms with van der Waals surface area (Å²) in [7, 11) is -1.12. The van der Waals surface area contributed by atoms with E-state index < -0.39 is 15.1 Å². The van der Waals surface area contributed by atoms with Gasteiger partial charge in [-0.25, -0.2) is 0 Å². The fraction of sp³-hybridized carbons (Fsp3) is 0.571. The zero-order valence-corrected chi connectivity index (χ0v) is 14.4. The first kappa shape index (κ1) is 14.2. The molecule has 4 heteroatoms. The molecule has 1 atom stereocenters. The molecule has 1 unspecified atom stereocenters. The summed E-state index contributed by atoms with van der Waals surface area (Å²) < 4.78 is 8.98. The molecular formula is C14H26NOPSi. The predicted molar refractivity (Wildman–Crippen MR) is 85.0 cm³/mol. The van der Waals surface area contributed by atoms with Crippen LogP contribution in [0.2, 0.25) is 19.6 Å². The number of hydrogen-bond acceptors (Lipinski definition) is 2. The quantitative estimate of drug-likeness (QED) is 0.610. The summed E-state index contributed by atoms with van der Waals surface area (Å²) in [6.45, 7) is 12.2. The molecule has 1 saturated heterocycles. The number of rotatable bonds is 3. The van der Waals surface area contributed by atoms with E-state index in [1.165, 1.54) is 11.7 Å². The normalized spacial score (nSPS) is 29.0. The Morgan fingerprint density at radius 3 is 2.11 bits per heavy atom. The van der Waals surface area contributed by atoms with Crippen molar-refractivity contribution in [3.05, 3.63) is 35.9 Å². The van der Waals surface area contributed by atoms with E-state index >= 15 is 0 Å². The fourth-order valence-corrected chi connectivity index (χ4v) is 8.58. The summed E-state index contributed by atoms with van der Waals surface area (Å²) in [5, 5.41) is 0. The van der Waals surface area contributed by atoms with Gasteiger partial charge in [-0.2, -0.15) is 0 Å². The number of nitrogens with zero attached hydrogens (tertiary/aromatic N) is 1. The molecule has 1 heterocycles. The molecular weight excluding hydrogens is 257 g/mol. The monoisotopic (exact) mass is 283 g/mol. The van der Waals surface area contributed by atoms with Crippen molar-refractivity contribution in [1.29, 1.82) is 0 Å². The Balaban J connectivity index is 2.25. The predicted octanol–water partition coefficient (Wildman–Crippen LogP) is 4.17. The summed E-state index contributed by atoms with van der Waals surface area (Å²) in [6.07, 6.45) is 1.39. The average Bonchev–Trinajstić information content (AvgIpc) is 2.23. The molecule has 0 saturated carbocycles. The second-order valence-electron chi connectivity index (χ2n) is 7.60. The van der Waals surface area contributed by atoms with Crippen LogP contribution >= 0.6 is 6.98 Å². The van der Waals surface area contributed by atoms with Crippen molar-refractivity contribution in [2.45, 2.75) is 25.9 Å². The van der Waals surface area contributed by atoms with E-state index in [9.17, 15) is 0 Å². The maximum absolute atomic E-state index is 6.34. The van der Waals surface area contributed by atoms with Crippen LogP contribution in [0.1, 0.15) is 11.8 Å². The topological polar surface area (TPSA) is 12.5 Å². The van der Waals surface area contributed by atoms with Gasteiger partial charge in [0.1, 0.15) is 0 Å². The van der Waals surface area contributed by atoms with Gasteiger partial charge in [-0.3, -0.25) is 0 Å². The minimum absolute atomic E-state index is 0.176. The molecule has 0 spiro atoms. The van der Waals surface area contributed by atoms with Crippen molar-refractivity contribution in [2.75, 3.05) is 26.2 Å². The summed E-state index contributed by atoms with van der Waals surface area (Å²) >= 11 is 0. The average molecular weight is 283 g/mol. The third-order valence-electron chi connectivity index (χ3n) is 3.33. The van der Waals surface area contributed by atoms with Crippen LogP contribution in [0.25, 0.3) is 0 Å². The zero-order valence-electron chi connectivity index (χ0n) is 12.5. The van der Waals surface area contributed by atoms with E-state index in [1.807, 2.05) is 0 Å². The van der Waals surface area contributed by atoms with Crippen molar-refractivity contribution in [3.8, 4) is 0 Å². The molecule has 1 aromatic carbocycles. The Morgan fingerprint density at radius 1 is 1.11 bits per heavy atom. The molecule has 1 aliphatic rings. The molecule has 1 fully saturated rings. The van der Waals surface area contributed by atoms with Gasteiger partial charge in [0.2, 0.25) is 0 Å². The number of benzene rings is 1. The zero-order chi connectivity index (χ0) is 13.6. The summed E-state index contributed by atoms with van der Waals surface area (Å²) in [5.74, 6) is 0. The van der Waals surface area contributed by atoms with Crippen LogP contribution in [-0.2, 0) is 4.52 Å². The standard InChI is InChI=1S/C14H26NOPSi/c1-17(2,3)15(12-18(4,5)6)14(16-17)13-10-8-7-9-11-13/h7-11,14H,12H2,1-6H3. The summed E-state index contributed by atoms with van der Waals surface area (Å²) in [4.78, 5) is 0. The maximum atomic E-state index is 6.34. The van der Waals surface area contributed by atoms with Crippen LogP contribution in [-0.4, -0.2) is 38.9 Å². The van der Waals surface area contributed by atoms with E-state index in [0.29, 0.717) is 0 Å². The third kappa shape index (κ3) is 2.85. The first-order chi connectivity index (χ1) is 8.07. The van der Waals surface area contributed by atoms with Crippen molar-refractivity contribution < 1.29 is 4.52 Å². The van der Waals surface area contributed by atoms with Gasteiger partial charge in [-0.15, -0.1) is 0 Å². The summed E-state index contributed by atoms with van der Waals surface area (Å²) in [6, 6.07) is 10.6. The van der Waals surface area contributed by atoms with Crippen molar-refractivity contribution >= 4 is 15.1 Å². The first-order valence-corrected chi connectivity index (χ1v) is 13.7. The van der Waals surface area contributed by atoms with E-state index in [4.69, 9.17) is 4.52 Å². The number of hydrogen-bond donors (Lipinski definition) is 0. The molecule has 1 aliphatic heterocycles. The van der Waals surface area contributed by atoms with Gasteiger partial charge in [-0.05, 0) is 0 Å². The van der Waals surface area contributed by atoms with Gasteiger partial charge >= 0.3 is 112 Å². The second-order valence-corrected chi connectivity index (χ2v) is 18.9. The van der Waals surface area contributed by atoms with E-state index in [1.54, 1.807) is 0 Å². The van der Waals surface area contributed by atoms with E-state index in [2.05, 4.69) is 74.6 Å². The molecule has 18 heavy (non-hydrogen) atoms. The van der Waals surface area contributed by atoms with Gasteiger partial charge in [0.15, 0.2) is 0 Å². The molecule has 0 amide bonds. The van der Waals surface area contributed by atoms with Crippen molar-refractivity contribution in [2.24, 2.45) is 0 Å². The Morgan fingerprint density at radius 2 is 1.67 bits per heavy atom. The molecule has 1 aromatic rings. The van der Waals surface area contributed by atoms with Crippen LogP contribution in [0.3, 0.4) is 0 Å². The SMILES string of the molecule is C[Si](C)(C)CN1C(c2ccccc2)OP1(C)(C)C. The molecule has 0 bridgehead atoms. The Kier molecular flexibility index (Phi) is 3.27. The molecule has 0 aliphatic carbocycles. The van der Waals surface area contributed by atoms with Crippen LogP contribution in [0.5, 0.6) is 0 Å². The summed E-state index contributed by atoms with van der Waals surface area (Å²) in [5.41, 5.74) is 1.29. The molecule has 2 rings (SSSR count). The van der Waals surface area contributed by atoms with Crippen LogP contribution in [0.4, 0.5) is 0 Å². The minimum atomic E-state index is -2.04. The Bertz CT molecular complexity index is 433. The molecule has 0 aromatic heterocycles. The van der Waals surface area contributed by atoms with Gasteiger partial charge in [0.05, 0.1) is 0 Å². The second kappa shape index (κ2) is 4.14. The van der Waals surface area contributed by atoms with Gasteiger partial charge in [-0.1, -0.05) is 0 Å². The first-order valence-electron chi connectivity index (χ1n) is 6.59. The van der Waals surface area contributed by atoms with Gasteiger partial charge < -0.3 is 0 Å². The van der Waals surface area contributed by atoms with E-state index in [0.717, 1.165) is 0 Å². The van der Waals surface area contributed by atoms with Crippen LogP contribution in [0, 0.1) is 0 Å². The fourth-order valence-electron chi connectivity index (χ4n) is 2.44. The molecule has 0 radical (unpaired) electrons. The van der Waals surface area contributed by atoms with Crippen molar-refractivity contribution in [1.82, 2.24) is 4.67 Å². The van der Waals surface area contributed by atoms with Gasteiger partial charge in [0.25, 0.3) is 0 Å².